The van der Waals surface area contributed by atoms with Gasteiger partial charge in [-0.25, -0.2) is 9.97 Å². The molecule has 3 aliphatic rings. The summed E-state index contributed by atoms with van der Waals surface area (Å²) in [5.41, 5.74) is 4.37. The number of thioether (sulfide) groups is 1. The van der Waals surface area contributed by atoms with Crippen molar-refractivity contribution in [1.82, 2.24) is 19.5 Å². The first kappa shape index (κ1) is 14.7. The van der Waals surface area contributed by atoms with Gasteiger partial charge in [0.15, 0.2) is 5.16 Å². The van der Waals surface area contributed by atoms with Crippen molar-refractivity contribution in [3.05, 3.63) is 39.3 Å². The number of nitrogens with zero attached hydrogens (tertiary/aromatic N) is 3. The van der Waals surface area contributed by atoms with E-state index in [1.807, 2.05) is 6.33 Å². The maximum absolute atomic E-state index is 12.2. The Morgan fingerprint density at radius 2 is 2.21 bits per heavy atom. The van der Waals surface area contributed by atoms with Crippen molar-refractivity contribution < 1.29 is 4.74 Å². The van der Waals surface area contributed by atoms with Crippen LogP contribution < -0.4 is 5.56 Å². The van der Waals surface area contributed by atoms with E-state index in [1.165, 1.54) is 24.2 Å². The normalized spacial score (nSPS) is 20.2. The molecule has 24 heavy (non-hydrogen) atoms. The number of nitrogens with one attached hydrogen (secondary N) is 1. The SMILES string of the molecule is O=c1[nH]c(SCc2c(C3COC3)ncn2C2CC2)nc2c1CCC2. The summed E-state index contributed by atoms with van der Waals surface area (Å²) in [5.74, 6) is 1.22. The van der Waals surface area contributed by atoms with Gasteiger partial charge in [0.05, 0.1) is 36.6 Å². The molecule has 0 bridgehead atoms. The fourth-order valence-electron chi connectivity index (χ4n) is 3.58. The molecule has 7 heteroatoms. The number of aromatic nitrogens is 4. The molecule has 0 aromatic carbocycles. The highest BCUT2D eigenvalue weighted by Gasteiger charge is 2.32. The Balaban J connectivity index is 1.41. The van der Waals surface area contributed by atoms with Gasteiger partial charge in [-0.05, 0) is 32.1 Å². The summed E-state index contributed by atoms with van der Waals surface area (Å²) in [7, 11) is 0. The lowest BCUT2D eigenvalue weighted by atomic mass is 10.0. The van der Waals surface area contributed by atoms with Gasteiger partial charge < -0.3 is 14.3 Å². The van der Waals surface area contributed by atoms with Crippen LogP contribution in [0, 0.1) is 0 Å². The standard InChI is InChI=1S/C17H20N4O2S/c22-16-12-2-1-3-13(12)19-17(20-16)24-8-14-15(10-6-23-7-10)18-9-21(14)11-4-5-11/h9-11H,1-8H2,(H,19,20,22). The first-order chi connectivity index (χ1) is 11.8. The molecule has 2 aromatic rings. The predicted molar refractivity (Wildman–Crippen MR) is 90.5 cm³/mol. The minimum Gasteiger partial charge on any atom is -0.380 e. The van der Waals surface area contributed by atoms with Gasteiger partial charge in [-0.15, -0.1) is 0 Å². The molecule has 6 nitrogen and oxygen atoms in total. The van der Waals surface area contributed by atoms with Gasteiger partial charge in [0, 0.05) is 23.3 Å². The Bertz CT molecular complexity index is 836. The molecule has 0 spiro atoms. The van der Waals surface area contributed by atoms with Crippen molar-refractivity contribution >= 4 is 11.8 Å². The average Bonchev–Trinajstić information content (AvgIpc) is 3.10. The van der Waals surface area contributed by atoms with Crippen molar-refractivity contribution in [2.45, 2.75) is 55.0 Å². The van der Waals surface area contributed by atoms with Gasteiger partial charge in [-0.1, -0.05) is 11.8 Å². The third-order valence-electron chi connectivity index (χ3n) is 5.16. The molecule has 2 fully saturated rings. The van der Waals surface area contributed by atoms with Crippen LogP contribution in [0.1, 0.15) is 53.9 Å². The van der Waals surface area contributed by atoms with E-state index < -0.39 is 0 Å². The highest BCUT2D eigenvalue weighted by Crippen LogP contribution is 2.39. The summed E-state index contributed by atoms with van der Waals surface area (Å²) >= 11 is 1.62. The fraction of sp³-hybridized carbons (Fsp3) is 0.588. The topological polar surface area (TPSA) is 72.8 Å². The lowest BCUT2D eigenvalue weighted by Gasteiger charge is -2.25. The van der Waals surface area contributed by atoms with Gasteiger partial charge in [0.2, 0.25) is 0 Å². The molecule has 0 radical (unpaired) electrons. The van der Waals surface area contributed by atoms with Crippen LogP contribution in [0.4, 0.5) is 0 Å². The molecule has 2 aliphatic carbocycles. The molecule has 1 N–H and O–H groups in total. The average molecular weight is 344 g/mol. The largest absolute Gasteiger partial charge is 0.380 e. The quantitative estimate of drug-likeness (QED) is 0.665. The molecule has 5 rings (SSSR count). The highest BCUT2D eigenvalue weighted by molar-refractivity contribution is 7.98. The molecule has 126 valence electrons. The molecule has 0 amide bonds. The van der Waals surface area contributed by atoms with Crippen molar-refractivity contribution in [3.63, 3.8) is 0 Å². The second kappa shape index (κ2) is 5.74. The minimum absolute atomic E-state index is 0.0447. The monoisotopic (exact) mass is 344 g/mol. The van der Waals surface area contributed by atoms with E-state index in [9.17, 15) is 4.79 Å². The molecule has 1 aliphatic heterocycles. The smallest absolute Gasteiger partial charge is 0.254 e. The molecule has 0 atom stereocenters. The summed E-state index contributed by atoms with van der Waals surface area (Å²) in [6, 6.07) is 0.606. The molecule has 3 heterocycles. The Labute approximate surface area is 144 Å². The van der Waals surface area contributed by atoms with E-state index >= 15 is 0 Å². The second-order valence-electron chi connectivity index (χ2n) is 6.89. The molecule has 1 saturated heterocycles. The zero-order valence-electron chi connectivity index (χ0n) is 13.5. The Morgan fingerprint density at radius 1 is 1.33 bits per heavy atom. The van der Waals surface area contributed by atoms with Gasteiger partial charge in [-0.2, -0.15) is 0 Å². The third kappa shape index (κ3) is 2.50. The van der Waals surface area contributed by atoms with Gasteiger partial charge in [0.1, 0.15) is 0 Å². The molecule has 1 saturated carbocycles. The maximum atomic E-state index is 12.2. The van der Waals surface area contributed by atoms with E-state index in [1.54, 1.807) is 11.8 Å². The van der Waals surface area contributed by atoms with Crippen molar-refractivity contribution in [2.75, 3.05) is 13.2 Å². The Morgan fingerprint density at radius 3 is 2.96 bits per heavy atom. The number of ether oxygens (including phenoxy) is 1. The summed E-state index contributed by atoms with van der Waals surface area (Å²) in [4.78, 5) is 24.4. The van der Waals surface area contributed by atoms with Crippen molar-refractivity contribution in [2.24, 2.45) is 0 Å². The molecule has 0 unspecified atom stereocenters. The zero-order chi connectivity index (χ0) is 16.1. The van der Waals surface area contributed by atoms with Gasteiger partial charge in [0.25, 0.3) is 5.56 Å². The van der Waals surface area contributed by atoms with E-state index in [0.717, 1.165) is 54.6 Å². The van der Waals surface area contributed by atoms with Crippen LogP contribution in [0.5, 0.6) is 0 Å². The van der Waals surface area contributed by atoms with Crippen LogP contribution in [-0.4, -0.2) is 32.7 Å². The summed E-state index contributed by atoms with van der Waals surface area (Å²) in [5, 5.41) is 0.736. The first-order valence-corrected chi connectivity index (χ1v) is 9.66. The van der Waals surface area contributed by atoms with Crippen LogP contribution >= 0.6 is 11.8 Å². The fourth-order valence-corrected chi connectivity index (χ4v) is 4.49. The van der Waals surface area contributed by atoms with E-state index in [2.05, 4.69) is 19.5 Å². The summed E-state index contributed by atoms with van der Waals surface area (Å²) < 4.78 is 7.67. The molecular weight excluding hydrogens is 324 g/mol. The molecular formula is C17H20N4O2S. The van der Waals surface area contributed by atoms with Gasteiger partial charge in [-0.3, -0.25) is 4.79 Å². The van der Waals surface area contributed by atoms with Crippen LogP contribution in [0.25, 0.3) is 0 Å². The minimum atomic E-state index is 0.0447. The number of hydrogen-bond acceptors (Lipinski definition) is 5. The Hall–Kier alpha value is -1.60. The number of aryl methyl sites for hydroxylation is 1. The highest BCUT2D eigenvalue weighted by atomic mass is 32.2. The number of aromatic amines is 1. The van der Waals surface area contributed by atoms with Crippen LogP contribution in [0.2, 0.25) is 0 Å². The van der Waals surface area contributed by atoms with Crippen LogP contribution in [-0.2, 0) is 23.3 Å². The summed E-state index contributed by atoms with van der Waals surface area (Å²) in [6.45, 7) is 1.54. The Kier molecular flexibility index (Phi) is 3.52. The maximum Gasteiger partial charge on any atom is 0.254 e. The van der Waals surface area contributed by atoms with Crippen molar-refractivity contribution in [3.8, 4) is 0 Å². The second-order valence-corrected chi connectivity index (χ2v) is 7.85. The number of imidazole rings is 1. The van der Waals surface area contributed by atoms with Gasteiger partial charge >= 0.3 is 0 Å². The number of H-pyrrole nitrogens is 1. The lowest BCUT2D eigenvalue weighted by Crippen LogP contribution is -2.26. The van der Waals surface area contributed by atoms with Crippen LogP contribution in [0.3, 0.4) is 0 Å². The van der Waals surface area contributed by atoms with E-state index in [0.29, 0.717) is 12.0 Å². The molecule has 2 aromatic heterocycles. The van der Waals surface area contributed by atoms with E-state index in [-0.39, 0.29) is 5.56 Å². The number of rotatable bonds is 5. The predicted octanol–water partition coefficient (Wildman–Crippen LogP) is 2.20. The zero-order valence-corrected chi connectivity index (χ0v) is 14.3. The lowest BCUT2D eigenvalue weighted by molar-refractivity contribution is 0.00652. The van der Waals surface area contributed by atoms with Crippen LogP contribution in [0.15, 0.2) is 16.3 Å². The summed E-state index contributed by atoms with van der Waals surface area (Å²) in [6.07, 6.45) is 7.30. The number of hydrogen-bond donors (Lipinski definition) is 1. The third-order valence-corrected chi connectivity index (χ3v) is 6.04. The first-order valence-electron chi connectivity index (χ1n) is 8.68. The van der Waals surface area contributed by atoms with E-state index in [4.69, 9.17) is 4.74 Å². The van der Waals surface area contributed by atoms with Crippen molar-refractivity contribution in [1.29, 1.82) is 0 Å². The number of fused-ring (bicyclic) bond motifs is 1.